The highest BCUT2D eigenvalue weighted by Crippen LogP contribution is 2.47. The largest absolute Gasteiger partial charge is 0.466 e. The van der Waals surface area contributed by atoms with Crippen LogP contribution in [0, 0.1) is 0 Å². The first-order chi connectivity index (χ1) is 14.6. The maximum absolute atomic E-state index is 12.8. The van der Waals surface area contributed by atoms with Crippen LogP contribution in [0.3, 0.4) is 0 Å². The van der Waals surface area contributed by atoms with Crippen molar-refractivity contribution in [2.24, 2.45) is 5.90 Å². The molecule has 154 valence electrons. The molecule has 0 saturated heterocycles. The van der Waals surface area contributed by atoms with Crippen LogP contribution in [0.1, 0.15) is 5.56 Å². The monoisotopic (exact) mass is 406 g/mol. The number of methoxy groups -OCH3 is 1. The molecule has 2 bridgehead atoms. The summed E-state index contributed by atoms with van der Waals surface area (Å²) in [6.07, 6.45) is 3.34. The zero-order valence-corrected chi connectivity index (χ0v) is 16.4. The minimum atomic E-state index is -1.22. The number of carbonyl (C=O) groups excluding carboxylic acids is 2. The van der Waals surface area contributed by atoms with E-state index in [1.165, 1.54) is 7.11 Å². The fraction of sp³-hybridized carbons (Fsp3) is 0.217. The van der Waals surface area contributed by atoms with Crippen LogP contribution in [0.15, 0.2) is 84.0 Å². The van der Waals surface area contributed by atoms with Gasteiger partial charge in [-0.15, -0.1) is 0 Å². The van der Waals surface area contributed by atoms with E-state index >= 15 is 0 Å². The summed E-state index contributed by atoms with van der Waals surface area (Å²) in [4.78, 5) is 29.6. The second-order valence-corrected chi connectivity index (χ2v) is 7.13. The van der Waals surface area contributed by atoms with Crippen molar-refractivity contribution in [2.45, 2.75) is 24.2 Å². The van der Waals surface area contributed by atoms with Crippen molar-refractivity contribution < 1.29 is 23.9 Å². The summed E-state index contributed by atoms with van der Waals surface area (Å²) in [6, 6.07) is 19.0. The van der Waals surface area contributed by atoms with Gasteiger partial charge in [-0.1, -0.05) is 54.6 Å². The highest BCUT2D eigenvalue weighted by atomic mass is 16.7. The Morgan fingerprint density at radius 3 is 2.40 bits per heavy atom. The molecule has 3 atom stereocenters. The number of hydrogen-bond donors (Lipinski definition) is 2. The summed E-state index contributed by atoms with van der Waals surface area (Å²) < 4.78 is 11.2. The number of nitrogens with one attached hydrogen (secondary N) is 1. The predicted octanol–water partition coefficient (Wildman–Crippen LogP) is 2.30. The van der Waals surface area contributed by atoms with Crippen molar-refractivity contribution in [1.82, 2.24) is 0 Å². The molecule has 2 aromatic carbocycles. The standard InChI is InChI=1S/C23H22N2O5/c1-28-22(27)20-19(21(26)30-24)17-12-13-23(20,29-17)18(14-15-8-4-2-5-9-15)25-16-10-6-3-7-11-16/h2-13,17-18,25H,14,24H2,1H3. The molecule has 0 aliphatic carbocycles. The molecule has 0 aromatic heterocycles. The number of carbonyl (C=O) groups is 2. The molecule has 0 amide bonds. The number of para-hydroxylation sites is 1. The van der Waals surface area contributed by atoms with E-state index < -0.39 is 29.7 Å². The second kappa shape index (κ2) is 8.14. The van der Waals surface area contributed by atoms with Crippen LogP contribution < -0.4 is 11.2 Å². The van der Waals surface area contributed by atoms with E-state index in [1.807, 2.05) is 60.7 Å². The molecule has 0 fully saturated rings. The van der Waals surface area contributed by atoms with Gasteiger partial charge in [0.05, 0.1) is 24.3 Å². The molecule has 4 rings (SSSR count). The lowest BCUT2D eigenvalue weighted by molar-refractivity contribution is -0.141. The van der Waals surface area contributed by atoms with Crippen molar-refractivity contribution in [2.75, 3.05) is 12.4 Å². The van der Waals surface area contributed by atoms with Gasteiger partial charge in [0.15, 0.2) is 0 Å². The lowest BCUT2D eigenvalue weighted by Crippen LogP contribution is -2.49. The van der Waals surface area contributed by atoms with E-state index in [0.717, 1.165) is 11.3 Å². The number of esters is 1. The summed E-state index contributed by atoms with van der Waals surface area (Å²) in [5.41, 5.74) is 0.858. The SMILES string of the molecule is COC(=O)C1=C(C(=O)ON)C2C=CC1(C(Cc1ccccc1)Nc1ccccc1)O2. The Hall–Kier alpha value is -3.42. The molecule has 2 aliphatic heterocycles. The minimum Gasteiger partial charge on any atom is -0.466 e. The number of anilines is 1. The minimum absolute atomic E-state index is 0.0692. The number of nitrogens with two attached hydrogens (primary N) is 1. The van der Waals surface area contributed by atoms with Crippen LogP contribution in [-0.4, -0.2) is 36.8 Å². The van der Waals surface area contributed by atoms with Crippen molar-refractivity contribution in [3.05, 3.63) is 89.5 Å². The van der Waals surface area contributed by atoms with Gasteiger partial charge in [0, 0.05) is 5.69 Å². The van der Waals surface area contributed by atoms with Gasteiger partial charge in [-0.25, -0.2) is 9.59 Å². The summed E-state index contributed by atoms with van der Waals surface area (Å²) >= 11 is 0. The summed E-state index contributed by atoms with van der Waals surface area (Å²) in [6.45, 7) is 0. The van der Waals surface area contributed by atoms with E-state index in [9.17, 15) is 9.59 Å². The molecule has 2 aliphatic rings. The lowest BCUT2D eigenvalue weighted by atomic mass is 9.79. The molecule has 7 nitrogen and oxygen atoms in total. The number of benzene rings is 2. The Balaban J connectivity index is 1.81. The number of ether oxygens (including phenoxy) is 2. The van der Waals surface area contributed by atoms with Gasteiger partial charge in [0.2, 0.25) is 0 Å². The van der Waals surface area contributed by atoms with E-state index in [0.29, 0.717) is 6.42 Å². The normalized spacial score (nSPS) is 22.7. The average molecular weight is 406 g/mol. The molecule has 2 aromatic rings. The van der Waals surface area contributed by atoms with Gasteiger partial charge in [-0.05, 0) is 30.2 Å². The van der Waals surface area contributed by atoms with E-state index in [2.05, 4.69) is 10.2 Å². The quantitative estimate of drug-likeness (QED) is 0.413. The molecule has 3 unspecified atom stereocenters. The highest BCUT2D eigenvalue weighted by Gasteiger charge is 2.58. The number of rotatable bonds is 7. The molecular weight excluding hydrogens is 384 g/mol. The van der Waals surface area contributed by atoms with Crippen LogP contribution in [-0.2, 0) is 30.3 Å². The zero-order chi connectivity index (χ0) is 21.1. The third-order valence-electron chi connectivity index (χ3n) is 5.42. The van der Waals surface area contributed by atoms with Crippen molar-refractivity contribution >= 4 is 17.6 Å². The average Bonchev–Trinajstić information content (AvgIpc) is 3.37. The molecule has 7 heteroatoms. The zero-order valence-electron chi connectivity index (χ0n) is 16.4. The van der Waals surface area contributed by atoms with Gasteiger partial charge < -0.3 is 19.6 Å². The summed E-state index contributed by atoms with van der Waals surface area (Å²) in [7, 11) is 1.26. The molecule has 30 heavy (non-hydrogen) atoms. The Labute approximate surface area is 174 Å². The molecular formula is C23H22N2O5. The predicted molar refractivity (Wildman–Crippen MR) is 110 cm³/mol. The number of hydrogen-bond acceptors (Lipinski definition) is 7. The van der Waals surface area contributed by atoms with Crippen molar-refractivity contribution in [3.63, 3.8) is 0 Å². The summed E-state index contributed by atoms with van der Waals surface area (Å²) in [5.74, 6) is 3.65. The fourth-order valence-corrected chi connectivity index (χ4v) is 4.09. The number of fused-ring (bicyclic) bond motifs is 2. The topological polar surface area (TPSA) is 99.9 Å². The van der Waals surface area contributed by atoms with Gasteiger partial charge in [0.25, 0.3) is 0 Å². The first-order valence-corrected chi connectivity index (χ1v) is 9.55. The van der Waals surface area contributed by atoms with Gasteiger partial charge in [-0.3, -0.25) is 0 Å². The third kappa shape index (κ3) is 3.38. The lowest BCUT2D eigenvalue weighted by Gasteiger charge is -2.36. The Bertz CT molecular complexity index is 961. The molecule has 0 radical (unpaired) electrons. The molecule has 0 saturated carbocycles. The second-order valence-electron chi connectivity index (χ2n) is 7.13. The van der Waals surface area contributed by atoms with E-state index in [4.69, 9.17) is 15.4 Å². The van der Waals surface area contributed by atoms with Crippen LogP contribution in [0.5, 0.6) is 0 Å². The van der Waals surface area contributed by atoms with Gasteiger partial charge in [0.1, 0.15) is 11.7 Å². The maximum atomic E-state index is 12.8. The Morgan fingerprint density at radius 2 is 1.77 bits per heavy atom. The first kappa shape index (κ1) is 19.9. The first-order valence-electron chi connectivity index (χ1n) is 9.55. The van der Waals surface area contributed by atoms with Gasteiger partial charge >= 0.3 is 11.9 Å². The smallest absolute Gasteiger partial charge is 0.356 e. The summed E-state index contributed by atoms with van der Waals surface area (Å²) in [5, 5.41) is 3.47. The van der Waals surface area contributed by atoms with Crippen LogP contribution >= 0.6 is 0 Å². The third-order valence-corrected chi connectivity index (χ3v) is 5.42. The van der Waals surface area contributed by atoms with E-state index in [1.54, 1.807) is 12.2 Å². The van der Waals surface area contributed by atoms with Crippen molar-refractivity contribution in [1.29, 1.82) is 0 Å². The maximum Gasteiger partial charge on any atom is 0.356 e. The van der Waals surface area contributed by atoms with Crippen molar-refractivity contribution in [3.8, 4) is 0 Å². The highest BCUT2D eigenvalue weighted by molar-refractivity contribution is 6.05. The van der Waals surface area contributed by atoms with Crippen LogP contribution in [0.4, 0.5) is 5.69 Å². The Morgan fingerprint density at radius 1 is 1.10 bits per heavy atom. The molecule has 3 N–H and O–H groups in total. The Kier molecular flexibility index (Phi) is 5.39. The van der Waals surface area contributed by atoms with Crippen LogP contribution in [0.25, 0.3) is 0 Å². The van der Waals surface area contributed by atoms with E-state index in [-0.39, 0.29) is 11.1 Å². The fourth-order valence-electron chi connectivity index (χ4n) is 4.09. The van der Waals surface area contributed by atoms with Gasteiger partial charge in [-0.2, -0.15) is 5.90 Å². The molecule has 0 spiro atoms. The molecule has 2 heterocycles. The van der Waals surface area contributed by atoms with Crippen LogP contribution in [0.2, 0.25) is 0 Å².